The van der Waals surface area contributed by atoms with E-state index in [4.69, 9.17) is 0 Å². The summed E-state index contributed by atoms with van der Waals surface area (Å²) in [6.45, 7) is 4.14. The normalized spacial score (nSPS) is 17.3. The summed E-state index contributed by atoms with van der Waals surface area (Å²) in [6, 6.07) is 7.62. The van der Waals surface area contributed by atoms with Crippen LogP contribution in [0.4, 0.5) is 5.69 Å². The largest absolute Gasteiger partial charge is 0.336 e. The summed E-state index contributed by atoms with van der Waals surface area (Å²) in [4.78, 5) is 25.5. The molecule has 0 aromatic heterocycles. The molecule has 2 rings (SSSR count). The summed E-state index contributed by atoms with van der Waals surface area (Å²) in [5.74, 6) is 0.465. The monoisotopic (exact) mass is 303 g/mol. The molecule has 0 aliphatic carbocycles. The van der Waals surface area contributed by atoms with Crippen LogP contribution in [0, 0.1) is 12.8 Å². The standard InChI is InChI=1S/C17H25N3O2/c1-13-3-6-15(7-4-13)19-16(21)12-20(2)17(22)8-5-14-9-10-18-11-14/h3-4,6-7,14,18H,5,8-12H2,1-2H3,(H,19,21). The molecule has 1 aromatic carbocycles. The first kappa shape index (κ1) is 16.5. The van der Waals surface area contributed by atoms with Crippen molar-refractivity contribution < 1.29 is 9.59 Å². The third-order valence-electron chi connectivity index (χ3n) is 4.07. The van der Waals surface area contributed by atoms with Crippen LogP contribution in [0.25, 0.3) is 0 Å². The molecule has 2 N–H and O–H groups in total. The number of rotatable bonds is 6. The average Bonchev–Trinajstić information content (AvgIpc) is 3.00. The second-order valence-electron chi connectivity index (χ2n) is 6.06. The zero-order chi connectivity index (χ0) is 15.9. The number of nitrogens with one attached hydrogen (secondary N) is 2. The summed E-state index contributed by atoms with van der Waals surface area (Å²) in [5.41, 5.74) is 1.90. The lowest BCUT2D eigenvalue weighted by Gasteiger charge is -2.18. The molecule has 0 bridgehead atoms. The van der Waals surface area contributed by atoms with Crippen LogP contribution in [0.1, 0.15) is 24.8 Å². The number of benzene rings is 1. The number of anilines is 1. The molecular formula is C17H25N3O2. The first-order chi connectivity index (χ1) is 10.5. The number of amides is 2. The summed E-state index contributed by atoms with van der Waals surface area (Å²) in [6.07, 6.45) is 2.56. The maximum absolute atomic E-state index is 12.1. The highest BCUT2D eigenvalue weighted by Crippen LogP contribution is 2.15. The smallest absolute Gasteiger partial charge is 0.243 e. The van der Waals surface area contributed by atoms with Crippen molar-refractivity contribution in [1.29, 1.82) is 0 Å². The highest BCUT2D eigenvalue weighted by Gasteiger charge is 2.18. The van der Waals surface area contributed by atoms with E-state index in [-0.39, 0.29) is 18.4 Å². The van der Waals surface area contributed by atoms with Gasteiger partial charge in [-0.1, -0.05) is 17.7 Å². The molecular weight excluding hydrogens is 278 g/mol. The molecule has 22 heavy (non-hydrogen) atoms. The molecule has 5 nitrogen and oxygen atoms in total. The Kier molecular flexibility index (Phi) is 5.95. The van der Waals surface area contributed by atoms with Gasteiger partial charge in [-0.3, -0.25) is 9.59 Å². The van der Waals surface area contributed by atoms with Crippen molar-refractivity contribution >= 4 is 17.5 Å². The molecule has 1 unspecified atom stereocenters. The van der Waals surface area contributed by atoms with Crippen molar-refractivity contribution in [3.8, 4) is 0 Å². The molecule has 0 spiro atoms. The van der Waals surface area contributed by atoms with Crippen LogP contribution < -0.4 is 10.6 Å². The number of likely N-dealkylation sites (N-methyl/N-ethyl adjacent to an activating group) is 1. The third kappa shape index (κ3) is 5.15. The maximum atomic E-state index is 12.1. The molecule has 1 saturated heterocycles. The Labute approximate surface area is 132 Å². The Morgan fingerprint density at radius 2 is 2.05 bits per heavy atom. The molecule has 0 radical (unpaired) electrons. The predicted octanol–water partition coefficient (Wildman–Crippen LogP) is 1.78. The Hall–Kier alpha value is -1.88. The maximum Gasteiger partial charge on any atom is 0.243 e. The van der Waals surface area contributed by atoms with E-state index < -0.39 is 0 Å². The first-order valence-corrected chi connectivity index (χ1v) is 7.86. The van der Waals surface area contributed by atoms with Gasteiger partial charge in [0.25, 0.3) is 0 Å². The molecule has 1 atom stereocenters. The number of hydrogen-bond donors (Lipinski definition) is 2. The van der Waals surface area contributed by atoms with Gasteiger partial charge < -0.3 is 15.5 Å². The van der Waals surface area contributed by atoms with E-state index in [2.05, 4.69) is 10.6 Å². The lowest BCUT2D eigenvalue weighted by Crippen LogP contribution is -2.35. The van der Waals surface area contributed by atoms with Crippen LogP contribution in [-0.4, -0.2) is 43.4 Å². The van der Waals surface area contributed by atoms with Gasteiger partial charge >= 0.3 is 0 Å². The van der Waals surface area contributed by atoms with Crippen LogP contribution in [-0.2, 0) is 9.59 Å². The average molecular weight is 303 g/mol. The van der Waals surface area contributed by atoms with Crippen molar-refractivity contribution in [2.75, 3.05) is 32.0 Å². The molecule has 1 aromatic rings. The summed E-state index contributed by atoms with van der Waals surface area (Å²) < 4.78 is 0. The summed E-state index contributed by atoms with van der Waals surface area (Å²) in [5, 5.41) is 6.11. The molecule has 5 heteroatoms. The first-order valence-electron chi connectivity index (χ1n) is 7.86. The fourth-order valence-corrected chi connectivity index (χ4v) is 2.62. The van der Waals surface area contributed by atoms with Crippen LogP contribution in [0.15, 0.2) is 24.3 Å². The quantitative estimate of drug-likeness (QED) is 0.842. The van der Waals surface area contributed by atoms with Gasteiger partial charge in [-0.05, 0) is 50.9 Å². The summed E-state index contributed by atoms with van der Waals surface area (Å²) >= 11 is 0. The van der Waals surface area contributed by atoms with E-state index in [0.29, 0.717) is 12.3 Å². The van der Waals surface area contributed by atoms with Crippen molar-refractivity contribution in [2.24, 2.45) is 5.92 Å². The van der Waals surface area contributed by atoms with E-state index >= 15 is 0 Å². The van der Waals surface area contributed by atoms with Crippen molar-refractivity contribution in [1.82, 2.24) is 10.2 Å². The lowest BCUT2D eigenvalue weighted by molar-refractivity contribution is -0.133. The minimum absolute atomic E-state index is 0.0333. The van der Waals surface area contributed by atoms with Crippen LogP contribution >= 0.6 is 0 Å². The molecule has 2 amide bonds. The highest BCUT2D eigenvalue weighted by molar-refractivity contribution is 5.94. The molecule has 1 fully saturated rings. The number of carbonyl (C=O) groups is 2. The third-order valence-corrected chi connectivity index (χ3v) is 4.07. The van der Waals surface area contributed by atoms with Gasteiger partial charge in [-0.25, -0.2) is 0 Å². The van der Waals surface area contributed by atoms with Crippen molar-refractivity contribution in [2.45, 2.75) is 26.2 Å². The van der Waals surface area contributed by atoms with Crippen LogP contribution in [0.5, 0.6) is 0 Å². The predicted molar refractivity (Wildman–Crippen MR) is 87.7 cm³/mol. The molecule has 0 saturated carbocycles. The van der Waals surface area contributed by atoms with E-state index in [1.165, 1.54) is 4.90 Å². The molecule has 1 aliphatic heterocycles. The topological polar surface area (TPSA) is 61.4 Å². The van der Waals surface area contributed by atoms with Crippen LogP contribution in [0.3, 0.4) is 0 Å². The fourth-order valence-electron chi connectivity index (χ4n) is 2.62. The van der Waals surface area contributed by atoms with Gasteiger partial charge in [0.2, 0.25) is 11.8 Å². The van der Waals surface area contributed by atoms with Crippen molar-refractivity contribution in [3.05, 3.63) is 29.8 Å². The zero-order valence-electron chi connectivity index (χ0n) is 13.4. The Balaban J connectivity index is 1.72. The van der Waals surface area contributed by atoms with Gasteiger partial charge in [0.05, 0.1) is 6.54 Å². The molecule has 1 heterocycles. The second-order valence-corrected chi connectivity index (χ2v) is 6.06. The number of nitrogens with zero attached hydrogens (tertiary/aromatic N) is 1. The number of aryl methyl sites for hydroxylation is 1. The van der Waals surface area contributed by atoms with E-state index in [9.17, 15) is 9.59 Å². The Morgan fingerprint density at radius 1 is 1.32 bits per heavy atom. The van der Waals surface area contributed by atoms with Crippen molar-refractivity contribution in [3.63, 3.8) is 0 Å². The van der Waals surface area contributed by atoms with Gasteiger partial charge in [0.1, 0.15) is 0 Å². The molecule has 1 aliphatic rings. The van der Waals surface area contributed by atoms with E-state index in [1.54, 1.807) is 7.05 Å². The number of hydrogen-bond acceptors (Lipinski definition) is 3. The zero-order valence-corrected chi connectivity index (χ0v) is 13.4. The highest BCUT2D eigenvalue weighted by atomic mass is 16.2. The van der Waals surface area contributed by atoms with Gasteiger partial charge in [-0.15, -0.1) is 0 Å². The summed E-state index contributed by atoms with van der Waals surface area (Å²) in [7, 11) is 1.68. The van der Waals surface area contributed by atoms with Gasteiger partial charge in [0.15, 0.2) is 0 Å². The van der Waals surface area contributed by atoms with E-state index in [0.717, 1.165) is 37.2 Å². The minimum Gasteiger partial charge on any atom is -0.336 e. The van der Waals surface area contributed by atoms with Gasteiger partial charge in [0, 0.05) is 19.2 Å². The lowest BCUT2D eigenvalue weighted by atomic mass is 10.0. The SMILES string of the molecule is Cc1ccc(NC(=O)CN(C)C(=O)CCC2CCNC2)cc1. The minimum atomic E-state index is -0.165. The second kappa shape index (κ2) is 7.94. The number of carbonyl (C=O) groups excluding carboxylic acids is 2. The Morgan fingerprint density at radius 3 is 2.68 bits per heavy atom. The van der Waals surface area contributed by atoms with Gasteiger partial charge in [-0.2, -0.15) is 0 Å². The van der Waals surface area contributed by atoms with E-state index in [1.807, 2.05) is 31.2 Å². The fraction of sp³-hybridized carbons (Fsp3) is 0.529. The Bertz CT molecular complexity index is 507. The molecule has 120 valence electrons. The van der Waals surface area contributed by atoms with Crippen LogP contribution in [0.2, 0.25) is 0 Å².